The molecule has 0 radical (unpaired) electrons. The molecule has 1 aromatic carbocycles. The van der Waals surface area contributed by atoms with Gasteiger partial charge in [0.05, 0.1) is 11.0 Å². The number of benzene rings is 1. The second-order valence-electron chi connectivity index (χ2n) is 5.10. The first-order valence-corrected chi connectivity index (χ1v) is 7.03. The molecule has 0 fully saturated rings. The zero-order valence-corrected chi connectivity index (χ0v) is 13.0. The van der Waals surface area contributed by atoms with Crippen LogP contribution >= 0.6 is 0 Å². The Labute approximate surface area is 136 Å². The maximum Gasteiger partial charge on any atom is 0.326 e. The maximum absolute atomic E-state index is 11.7. The van der Waals surface area contributed by atoms with Crippen molar-refractivity contribution in [3.63, 3.8) is 0 Å². The van der Waals surface area contributed by atoms with Crippen molar-refractivity contribution in [1.82, 2.24) is 14.5 Å². The van der Waals surface area contributed by atoms with Crippen LogP contribution in [0.25, 0.3) is 11.0 Å². The number of hydrogen-bond acceptors (Lipinski definition) is 5. The highest BCUT2D eigenvalue weighted by molar-refractivity contribution is 5.87. The van der Waals surface area contributed by atoms with Crippen molar-refractivity contribution in [2.45, 2.75) is 6.92 Å². The third-order valence-corrected chi connectivity index (χ3v) is 3.40. The third-order valence-electron chi connectivity index (χ3n) is 3.40. The molecule has 24 heavy (non-hydrogen) atoms. The summed E-state index contributed by atoms with van der Waals surface area (Å²) >= 11 is 0. The minimum atomic E-state index is -0.310. The van der Waals surface area contributed by atoms with Gasteiger partial charge in [0.25, 0.3) is 0 Å². The van der Waals surface area contributed by atoms with Gasteiger partial charge >= 0.3 is 5.69 Å². The number of aryl methyl sites for hydroxylation is 1. The lowest BCUT2D eigenvalue weighted by Crippen LogP contribution is -2.12. The number of carbonyl (C=O) groups is 1. The van der Waals surface area contributed by atoms with E-state index in [0.717, 1.165) is 0 Å². The van der Waals surface area contributed by atoms with Crippen LogP contribution < -0.4 is 15.7 Å². The van der Waals surface area contributed by atoms with Gasteiger partial charge in [0.2, 0.25) is 5.91 Å². The minimum Gasteiger partial charge on any atom is -0.456 e. The predicted molar refractivity (Wildman–Crippen MR) is 86.9 cm³/mol. The molecule has 2 aromatic heterocycles. The van der Waals surface area contributed by atoms with Crippen LogP contribution in [0.3, 0.4) is 0 Å². The molecule has 0 aliphatic carbocycles. The summed E-state index contributed by atoms with van der Waals surface area (Å²) in [6, 6.07) is 8.49. The summed E-state index contributed by atoms with van der Waals surface area (Å²) in [5.41, 5.74) is 0.956. The standard InChI is InChI=1S/C16H13N5O3/c1-9(22)19-14-7-10(5-6-18-14)24-13-4-3-12-15(11(13)8-17)21(2)16(23)20-12/h3-7H,1-2H3,(H,20,23)(H,18,19,22). The van der Waals surface area contributed by atoms with E-state index in [9.17, 15) is 14.9 Å². The topological polar surface area (TPSA) is 113 Å². The highest BCUT2D eigenvalue weighted by Crippen LogP contribution is 2.30. The summed E-state index contributed by atoms with van der Waals surface area (Å²) in [5, 5.41) is 12.0. The summed E-state index contributed by atoms with van der Waals surface area (Å²) in [6.07, 6.45) is 1.48. The number of nitrogens with zero attached hydrogens (tertiary/aromatic N) is 3. The van der Waals surface area contributed by atoms with E-state index < -0.39 is 0 Å². The molecule has 0 spiro atoms. The first kappa shape index (κ1) is 15.3. The molecular formula is C16H13N5O3. The van der Waals surface area contributed by atoms with Crippen LogP contribution in [-0.2, 0) is 11.8 Å². The summed E-state index contributed by atoms with van der Waals surface area (Å²) in [4.78, 5) is 29.5. The Morgan fingerprint density at radius 2 is 2.21 bits per heavy atom. The molecular weight excluding hydrogens is 310 g/mol. The molecule has 3 aromatic rings. The summed E-state index contributed by atoms with van der Waals surface area (Å²) < 4.78 is 7.11. The van der Waals surface area contributed by atoms with Crippen LogP contribution in [0.15, 0.2) is 35.3 Å². The molecule has 120 valence electrons. The van der Waals surface area contributed by atoms with Gasteiger partial charge in [-0.25, -0.2) is 9.78 Å². The zero-order chi connectivity index (χ0) is 17.3. The first-order chi connectivity index (χ1) is 11.5. The van der Waals surface area contributed by atoms with Crippen molar-refractivity contribution in [2.24, 2.45) is 7.05 Å². The predicted octanol–water partition coefficient (Wildman–Crippen LogP) is 1.88. The molecule has 1 amide bonds. The van der Waals surface area contributed by atoms with Crippen molar-refractivity contribution < 1.29 is 9.53 Å². The van der Waals surface area contributed by atoms with Gasteiger partial charge in [-0.15, -0.1) is 0 Å². The number of nitriles is 1. The number of pyridine rings is 1. The lowest BCUT2D eigenvalue weighted by Gasteiger charge is -2.09. The lowest BCUT2D eigenvalue weighted by molar-refractivity contribution is -0.114. The normalized spacial score (nSPS) is 10.4. The van der Waals surface area contributed by atoms with E-state index in [1.807, 2.05) is 0 Å². The number of nitrogens with one attached hydrogen (secondary N) is 2. The molecule has 0 aliphatic rings. The number of carbonyl (C=O) groups excluding carboxylic acids is 1. The molecule has 0 atom stereocenters. The average molecular weight is 323 g/mol. The van der Waals surface area contributed by atoms with Crippen LogP contribution in [0, 0.1) is 11.3 Å². The number of ether oxygens (including phenoxy) is 1. The number of amides is 1. The third kappa shape index (κ3) is 2.70. The molecule has 0 bridgehead atoms. The Balaban J connectivity index is 2.05. The van der Waals surface area contributed by atoms with Crippen molar-refractivity contribution in [3.8, 4) is 17.6 Å². The fraction of sp³-hybridized carbons (Fsp3) is 0.125. The van der Waals surface area contributed by atoms with Gasteiger partial charge in [-0.3, -0.25) is 9.36 Å². The van der Waals surface area contributed by atoms with Gasteiger partial charge in [-0.05, 0) is 18.2 Å². The molecule has 2 N–H and O–H groups in total. The Morgan fingerprint density at radius 3 is 2.92 bits per heavy atom. The van der Waals surface area contributed by atoms with Crippen LogP contribution in [-0.4, -0.2) is 20.4 Å². The summed E-state index contributed by atoms with van der Waals surface area (Å²) in [5.74, 6) is 0.805. The maximum atomic E-state index is 11.7. The molecule has 2 heterocycles. The number of rotatable bonds is 3. The van der Waals surface area contributed by atoms with Gasteiger partial charge in [0.1, 0.15) is 28.9 Å². The molecule has 0 unspecified atom stereocenters. The van der Waals surface area contributed by atoms with Gasteiger partial charge < -0.3 is 15.0 Å². The van der Waals surface area contributed by atoms with E-state index in [-0.39, 0.29) is 17.2 Å². The summed E-state index contributed by atoms with van der Waals surface area (Å²) in [6.45, 7) is 1.38. The van der Waals surface area contributed by atoms with Gasteiger partial charge in [0.15, 0.2) is 0 Å². The Bertz CT molecular complexity index is 1040. The monoisotopic (exact) mass is 323 g/mol. The van der Waals surface area contributed by atoms with E-state index >= 15 is 0 Å². The highest BCUT2D eigenvalue weighted by Gasteiger charge is 2.15. The number of anilines is 1. The van der Waals surface area contributed by atoms with Crippen LogP contribution in [0.2, 0.25) is 0 Å². The van der Waals surface area contributed by atoms with Crippen molar-refractivity contribution in [2.75, 3.05) is 5.32 Å². The van der Waals surface area contributed by atoms with Crippen molar-refractivity contribution >= 4 is 22.8 Å². The Morgan fingerprint density at radius 1 is 1.42 bits per heavy atom. The van der Waals surface area contributed by atoms with Gasteiger partial charge in [-0.1, -0.05) is 0 Å². The molecule has 0 aliphatic heterocycles. The molecule has 0 saturated carbocycles. The second-order valence-corrected chi connectivity index (χ2v) is 5.10. The summed E-state index contributed by atoms with van der Waals surface area (Å²) in [7, 11) is 1.58. The number of aromatic nitrogens is 3. The number of hydrogen-bond donors (Lipinski definition) is 2. The van der Waals surface area contributed by atoms with Crippen molar-refractivity contribution in [1.29, 1.82) is 5.26 Å². The van der Waals surface area contributed by atoms with Crippen LogP contribution in [0.5, 0.6) is 11.5 Å². The largest absolute Gasteiger partial charge is 0.456 e. The number of aromatic amines is 1. The van der Waals surface area contributed by atoms with Crippen LogP contribution in [0.1, 0.15) is 12.5 Å². The average Bonchev–Trinajstić information content (AvgIpc) is 2.82. The van der Waals surface area contributed by atoms with E-state index in [1.54, 1.807) is 31.3 Å². The molecule has 3 rings (SSSR count). The fourth-order valence-electron chi connectivity index (χ4n) is 2.37. The first-order valence-electron chi connectivity index (χ1n) is 7.03. The smallest absolute Gasteiger partial charge is 0.326 e. The fourth-order valence-corrected chi connectivity index (χ4v) is 2.37. The number of fused-ring (bicyclic) bond motifs is 1. The SMILES string of the molecule is CC(=O)Nc1cc(Oc2ccc3[nH]c(=O)n(C)c3c2C#N)ccn1. The van der Waals surface area contributed by atoms with E-state index in [1.165, 1.54) is 17.7 Å². The van der Waals surface area contributed by atoms with Gasteiger partial charge in [-0.2, -0.15) is 5.26 Å². The van der Waals surface area contributed by atoms with Gasteiger partial charge in [0, 0.05) is 26.2 Å². The second kappa shape index (κ2) is 5.89. The van der Waals surface area contributed by atoms with Crippen LogP contribution in [0.4, 0.5) is 5.82 Å². The lowest BCUT2D eigenvalue weighted by atomic mass is 10.1. The minimum absolute atomic E-state index is 0.242. The Hall–Kier alpha value is -3.60. The number of H-pyrrole nitrogens is 1. The molecule has 8 heteroatoms. The quantitative estimate of drug-likeness (QED) is 0.764. The van der Waals surface area contributed by atoms with Crippen molar-refractivity contribution in [3.05, 3.63) is 46.5 Å². The molecule has 0 saturated heterocycles. The van der Waals surface area contributed by atoms with E-state index in [2.05, 4.69) is 21.4 Å². The molecule has 8 nitrogen and oxygen atoms in total. The van der Waals surface area contributed by atoms with E-state index in [0.29, 0.717) is 28.4 Å². The number of imidazole rings is 1. The van der Waals surface area contributed by atoms with E-state index in [4.69, 9.17) is 4.74 Å². The zero-order valence-electron chi connectivity index (χ0n) is 13.0. The Kier molecular flexibility index (Phi) is 3.75. The highest BCUT2D eigenvalue weighted by atomic mass is 16.5.